The standard InChI is InChI=1S/C65H127NO5/c1-3-5-7-9-11-13-15-17-18-31-35-39-43-47-51-55-59-65(70)71-60-56-52-48-44-40-36-32-29-27-25-23-21-19-20-22-24-26-28-30-34-38-42-46-50-54-58-64(69)66-62(61-67)63(68)57-53-49-45-41-37-33-16-14-12-10-8-6-4-2/h18,31,62-63,67-68H,3-17,19-30,32-61H2,1-2H3,(H,66,69)/b31-18-. The minimum absolute atomic E-state index is 0.00975. The van der Waals surface area contributed by atoms with Gasteiger partial charge in [-0.2, -0.15) is 0 Å². The summed E-state index contributed by atoms with van der Waals surface area (Å²) in [6, 6.07) is -0.539. The molecule has 0 aliphatic rings. The van der Waals surface area contributed by atoms with Crippen LogP contribution in [-0.4, -0.2) is 47.4 Å². The molecule has 0 spiro atoms. The maximum absolute atomic E-state index is 12.5. The van der Waals surface area contributed by atoms with E-state index in [-0.39, 0.29) is 18.5 Å². The third kappa shape index (κ3) is 57.7. The lowest BCUT2D eigenvalue weighted by Crippen LogP contribution is -2.45. The van der Waals surface area contributed by atoms with Gasteiger partial charge < -0.3 is 20.3 Å². The summed E-state index contributed by atoms with van der Waals surface area (Å²) >= 11 is 0. The number of hydrogen-bond donors (Lipinski definition) is 3. The summed E-state index contributed by atoms with van der Waals surface area (Å²) in [7, 11) is 0. The van der Waals surface area contributed by atoms with Crippen molar-refractivity contribution in [3.8, 4) is 0 Å². The second kappa shape index (κ2) is 61.1. The Kier molecular flexibility index (Phi) is 59.9. The van der Waals surface area contributed by atoms with Crippen molar-refractivity contribution in [2.24, 2.45) is 0 Å². The second-order valence-electron chi connectivity index (χ2n) is 22.5. The Labute approximate surface area is 444 Å². The normalized spacial score (nSPS) is 12.6. The van der Waals surface area contributed by atoms with Crippen molar-refractivity contribution in [1.29, 1.82) is 0 Å². The molecule has 1 amide bonds. The summed E-state index contributed by atoms with van der Waals surface area (Å²) in [5.41, 5.74) is 0. The van der Waals surface area contributed by atoms with E-state index in [1.54, 1.807) is 0 Å². The van der Waals surface area contributed by atoms with Gasteiger partial charge >= 0.3 is 5.97 Å². The zero-order chi connectivity index (χ0) is 51.4. The van der Waals surface area contributed by atoms with Gasteiger partial charge in [0.25, 0.3) is 0 Å². The summed E-state index contributed by atoms with van der Waals surface area (Å²) in [6.45, 7) is 4.97. The lowest BCUT2D eigenvalue weighted by molar-refractivity contribution is -0.143. The highest BCUT2D eigenvalue weighted by Gasteiger charge is 2.20. The largest absolute Gasteiger partial charge is 0.466 e. The summed E-state index contributed by atoms with van der Waals surface area (Å²) in [5.74, 6) is -0.0216. The monoisotopic (exact) mass is 1000 g/mol. The first-order valence-electron chi connectivity index (χ1n) is 32.4. The smallest absolute Gasteiger partial charge is 0.305 e. The minimum Gasteiger partial charge on any atom is -0.466 e. The summed E-state index contributed by atoms with van der Waals surface area (Å²) < 4.78 is 5.49. The molecule has 6 nitrogen and oxygen atoms in total. The van der Waals surface area contributed by atoms with Gasteiger partial charge in [0.05, 0.1) is 25.4 Å². The molecule has 0 radical (unpaired) electrons. The molecule has 2 atom stereocenters. The molecule has 0 rings (SSSR count). The van der Waals surface area contributed by atoms with Crippen molar-refractivity contribution in [3.05, 3.63) is 12.2 Å². The van der Waals surface area contributed by atoms with Crippen molar-refractivity contribution in [3.63, 3.8) is 0 Å². The van der Waals surface area contributed by atoms with Gasteiger partial charge in [-0.15, -0.1) is 0 Å². The number of nitrogens with one attached hydrogen (secondary N) is 1. The lowest BCUT2D eigenvalue weighted by Gasteiger charge is -2.22. The maximum atomic E-state index is 12.5. The van der Waals surface area contributed by atoms with Crippen molar-refractivity contribution in [1.82, 2.24) is 5.32 Å². The number of esters is 1. The number of aliphatic hydroxyl groups is 2. The van der Waals surface area contributed by atoms with Gasteiger partial charge in [-0.3, -0.25) is 9.59 Å². The Balaban J connectivity index is 3.34. The molecule has 0 aromatic rings. The summed E-state index contributed by atoms with van der Waals surface area (Å²) in [4.78, 5) is 24.5. The highest BCUT2D eigenvalue weighted by molar-refractivity contribution is 5.76. The van der Waals surface area contributed by atoms with Gasteiger partial charge in [-0.05, 0) is 51.4 Å². The molecule has 0 bridgehead atoms. The number of unbranched alkanes of at least 4 members (excludes halogenated alkanes) is 48. The predicted octanol–water partition coefficient (Wildman–Crippen LogP) is 20.4. The number of amides is 1. The predicted molar refractivity (Wildman–Crippen MR) is 310 cm³/mol. The van der Waals surface area contributed by atoms with Crippen LogP contribution in [-0.2, 0) is 14.3 Å². The average molecular weight is 1000 g/mol. The number of allylic oxidation sites excluding steroid dienone is 2. The van der Waals surface area contributed by atoms with Gasteiger partial charge in [0.2, 0.25) is 5.91 Å². The molecule has 0 fully saturated rings. The first-order chi connectivity index (χ1) is 35.0. The van der Waals surface area contributed by atoms with Crippen molar-refractivity contribution in [2.75, 3.05) is 13.2 Å². The highest BCUT2D eigenvalue weighted by atomic mass is 16.5. The van der Waals surface area contributed by atoms with Crippen LogP contribution in [0.25, 0.3) is 0 Å². The van der Waals surface area contributed by atoms with E-state index < -0.39 is 12.1 Å². The second-order valence-corrected chi connectivity index (χ2v) is 22.5. The van der Waals surface area contributed by atoms with E-state index in [1.165, 1.54) is 289 Å². The highest BCUT2D eigenvalue weighted by Crippen LogP contribution is 2.18. The van der Waals surface area contributed by atoms with Crippen LogP contribution in [0, 0.1) is 0 Å². The fraction of sp³-hybridized carbons (Fsp3) is 0.938. The van der Waals surface area contributed by atoms with Crippen LogP contribution in [0.15, 0.2) is 12.2 Å². The number of ether oxygens (including phenoxy) is 1. The number of aliphatic hydroxyl groups excluding tert-OH is 2. The van der Waals surface area contributed by atoms with Crippen LogP contribution >= 0.6 is 0 Å². The molecule has 0 saturated carbocycles. The van der Waals surface area contributed by atoms with Crippen LogP contribution in [0.1, 0.15) is 367 Å². The van der Waals surface area contributed by atoms with Gasteiger partial charge in [0.15, 0.2) is 0 Å². The molecule has 0 aliphatic heterocycles. The molecule has 0 aromatic carbocycles. The topological polar surface area (TPSA) is 95.9 Å². The van der Waals surface area contributed by atoms with Crippen molar-refractivity contribution < 1.29 is 24.5 Å². The molecule has 6 heteroatoms. The number of carbonyl (C=O) groups excluding carboxylic acids is 2. The van der Waals surface area contributed by atoms with Crippen LogP contribution in [0.2, 0.25) is 0 Å². The molecular formula is C65H127NO5. The molecule has 71 heavy (non-hydrogen) atoms. The minimum atomic E-state index is -0.661. The van der Waals surface area contributed by atoms with Crippen molar-refractivity contribution >= 4 is 11.9 Å². The van der Waals surface area contributed by atoms with Gasteiger partial charge in [-0.25, -0.2) is 0 Å². The number of carbonyl (C=O) groups is 2. The van der Waals surface area contributed by atoms with E-state index in [4.69, 9.17) is 4.74 Å². The van der Waals surface area contributed by atoms with Gasteiger partial charge in [0.1, 0.15) is 0 Å². The Morgan fingerprint density at radius 1 is 0.380 bits per heavy atom. The molecular weight excluding hydrogens is 875 g/mol. The van der Waals surface area contributed by atoms with E-state index >= 15 is 0 Å². The third-order valence-corrected chi connectivity index (χ3v) is 15.3. The summed E-state index contributed by atoms with van der Waals surface area (Å²) in [5, 5.41) is 23.3. The molecule has 0 aliphatic carbocycles. The van der Waals surface area contributed by atoms with Crippen molar-refractivity contribution in [2.45, 2.75) is 379 Å². The first-order valence-corrected chi connectivity index (χ1v) is 32.4. The van der Waals surface area contributed by atoms with E-state index in [0.29, 0.717) is 25.9 Å². The molecule has 0 saturated heterocycles. The lowest BCUT2D eigenvalue weighted by atomic mass is 10.0. The maximum Gasteiger partial charge on any atom is 0.305 e. The van der Waals surface area contributed by atoms with Crippen LogP contribution < -0.4 is 5.32 Å². The Bertz CT molecular complexity index is 1060. The van der Waals surface area contributed by atoms with E-state index in [0.717, 1.165) is 44.9 Å². The number of rotatable bonds is 61. The summed E-state index contributed by atoms with van der Waals surface area (Å²) in [6.07, 6.45) is 73.8. The van der Waals surface area contributed by atoms with Crippen LogP contribution in [0.4, 0.5) is 0 Å². The fourth-order valence-corrected chi connectivity index (χ4v) is 10.3. The molecule has 2 unspecified atom stereocenters. The molecule has 0 aromatic heterocycles. The van der Waals surface area contributed by atoms with Gasteiger partial charge in [-0.1, -0.05) is 315 Å². The van der Waals surface area contributed by atoms with Crippen LogP contribution in [0.5, 0.6) is 0 Å². The Morgan fingerprint density at radius 3 is 1.00 bits per heavy atom. The quantitative estimate of drug-likeness (QED) is 0.0320. The third-order valence-electron chi connectivity index (χ3n) is 15.3. The molecule has 3 N–H and O–H groups in total. The fourth-order valence-electron chi connectivity index (χ4n) is 10.3. The average Bonchev–Trinajstić information content (AvgIpc) is 3.37. The van der Waals surface area contributed by atoms with E-state index in [9.17, 15) is 19.8 Å². The van der Waals surface area contributed by atoms with E-state index in [1.807, 2.05) is 0 Å². The molecule has 0 heterocycles. The Morgan fingerprint density at radius 2 is 0.662 bits per heavy atom. The van der Waals surface area contributed by atoms with E-state index in [2.05, 4.69) is 31.3 Å². The zero-order valence-corrected chi connectivity index (χ0v) is 48.2. The number of hydrogen-bond acceptors (Lipinski definition) is 5. The van der Waals surface area contributed by atoms with Crippen LogP contribution in [0.3, 0.4) is 0 Å². The Hall–Kier alpha value is -1.40. The molecule has 422 valence electrons. The SMILES string of the molecule is CCCCCCCCC/C=C\CCCCCCCC(=O)OCCCCCCCCCCCCCCCCCCCCCCCCCCCC(=O)NC(CO)C(O)CCCCCCCCCCCCCCC. The zero-order valence-electron chi connectivity index (χ0n) is 48.2. The first kappa shape index (κ1) is 69.6. The van der Waals surface area contributed by atoms with Gasteiger partial charge in [0, 0.05) is 12.8 Å².